The third-order valence-corrected chi connectivity index (χ3v) is 3.28. The second-order valence-electron chi connectivity index (χ2n) is 4.80. The Morgan fingerprint density at radius 1 is 0.913 bits per heavy atom. The fourth-order valence-corrected chi connectivity index (χ4v) is 2.15. The molecule has 2 rings (SSSR count). The molecule has 6 heteroatoms. The molecular formula is C17H19F2NO3. The smallest absolute Gasteiger partial charge is 0.387 e. The van der Waals surface area contributed by atoms with E-state index >= 15 is 0 Å². The van der Waals surface area contributed by atoms with Crippen LogP contribution in [-0.2, 0) is 13.1 Å². The number of hydrogen-bond acceptors (Lipinski definition) is 4. The monoisotopic (exact) mass is 323 g/mol. The summed E-state index contributed by atoms with van der Waals surface area (Å²) >= 11 is 0. The number of methoxy groups -OCH3 is 2. The fourth-order valence-electron chi connectivity index (χ4n) is 2.15. The molecule has 124 valence electrons. The number of ether oxygens (including phenoxy) is 3. The number of rotatable bonds is 8. The molecule has 0 aliphatic rings. The van der Waals surface area contributed by atoms with Crippen LogP contribution in [0.4, 0.5) is 8.78 Å². The standard InChI is InChI=1S/C17H19F2NO3/c1-21-15-7-8-16(22-2)13(9-15)11-20-10-12-3-5-14(6-4-12)23-17(18)19/h3-9,17,20H,10-11H2,1-2H3. The number of alkyl halides is 2. The van der Waals surface area contributed by atoms with Crippen molar-refractivity contribution in [2.75, 3.05) is 14.2 Å². The van der Waals surface area contributed by atoms with Crippen molar-refractivity contribution in [2.45, 2.75) is 19.7 Å². The van der Waals surface area contributed by atoms with Crippen molar-refractivity contribution in [1.29, 1.82) is 0 Å². The fraction of sp³-hybridized carbons (Fsp3) is 0.294. The molecule has 0 spiro atoms. The van der Waals surface area contributed by atoms with Crippen LogP contribution in [0.1, 0.15) is 11.1 Å². The zero-order valence-corrected chi connectivity index (χ0v) is 13.0. The lowest BCUT2D eigenvalue weighted by Gasteiger charge is -2.12. The molecule has 4 nitrogen and oxygen atoms in total. The molecule has 0 radical (unpaired) electrons. The van der Waals surface area contributed by atoms with Crippen LogP contribution in [0.2, 0.25) is 0 Å². The quantitative estimate of drug-likeness (QED) is 0.806. The van der Waals surface area contributed by atoms with E-state index in [-0.39, 0.29) is 5.75 Å². The molecule has 0 bridgehead atoms. The van der Waals surface area contributed by atoms with Gasteiger partial charge in [-0.25, -0.2) is 0 Å². The molecule has 2 aromatic carbocycles. The Morgan fingerprint density at radius 3 is 2.22 bits per heavy atom. The van der Waals surface area contributed by atoms with Crippen molar-refractivity contribution in [1.82, 2.24) is 5.32 Å². The van der Waals surface area contributed by atoms with E-state index in [1.165, 1.54) is 12.1 Å². The molecule has 0 saturated heterocycles. The predicted octanol–water partition coefficient (Wildman–Crippen LogP) is 3.60. The van der Waals surface area contributed by atoms with Crippen LogP contribution in [0, 0.1) is 0 Å². The van der Waals surface area contributed by atoms with Gasteiger partial charge in [0.1, 0.15) is 17.2 Å². The summed E-state index contributed by atoms with van der Waals surface area (Å²) in [5.41, 5.74) is 1.94. The summed E-state index contributed by atoms with van der Waals surface area (Å²) in [5.74, 6) is 1.69. The highest BCUT2D eigenvalue weighted by Crippen LogP contribution is 2.24. The number of benzene rings is 2. The molecule has 1 N–H and O–H groups in total. The lowest BCUT2D eigenvalue weighted by Crippen LogP contribution is -2.13. The van der Waals surface area contributed by atoms with Crippen LogP contribution in [-0.4, -0.2) is 20.8 Å². The maximum atomic E-state index is 12.1. The van der Waals surface area contributed by atoms with Crippen LogP contribution >= 0.6 is 0 Å². The molecular weight excluding hydrogens is 304 g/mol. The van der Waals surface area contributed by atoms with Crippen LogP contribution in [0.5, 0.6) is 17.2 Å². The SMILES string of the molecule is COc1ccc(OC)c(CNCc2ccc(OC(F)F)cc2)c1. The van der Waals surface area contributed by atoms with Gasteiger partial charge in [0, 0.05) is 18.7 Å². The van der Waals surface area contributed by atoms with Crippen molar-refractivity contribution in [3.63, 3.8) is 0 Å². The van der Waals surface area contributed by atoms with E-state index in [0.29, 0.717) is 13.1 Å². The highest BCUT2D eigenvalue weighted by molar-refractivity contribution is 5.40. The van der Waals surface area contributed by atoms with Gasteiger partial charge in [-0.1, -0.05) is 12.1 Å². The first-order chi connectivity index (χ1) is 11.1. The summed E-state index contributed by atoms with van der Waals surface area (Å²) in [6.07, 6.45) is 0. The van der Waals surface area contributed by atoms with E-state index < -0.39 is 6.61 Å². The van der Waals surface area contributed by atoms with Gasteiger partial charge in [0.15, 0.2) is 0 Å². The Hall–Kier alpha value is -2.34. The van der Waals surface area contributed by atoms with Crippen molar-refractivity contribution in [3.8, 4) is 17.2 Å². The minimum Gasteiger partial charge on any atom is -0.497 e. The largest absolute Gasteiger partial charge is 0.497 e. The van der Waals surface area contributed by atoms with Gasteiger partial charge in [0.25, 0.3) is 0 Å². The molecule has 0 unspecified atom stereocenters. The molecule has 2 aromatic rings. The molecule has 0 aromatic heterocycles. The lowest BCUT2D eigenvalue weighted by atomic mass is 10.1. The predicted molar refractivity (Wildman–Crippen MR) is 83.2 cm³/mol. The molecule has 0 aliphatic heterocycles. The molecule has 0 fully saturated rings. The van der Waals surface area contributed by atoms with Crippen molar-refractivity contribution < 1.29 is 23.0 Å². The molecule has 0 saturated carbocycles. The number of halogens is 2. The number of hydrogen-bond donors (Lipinski definition) is 1. The average Bonchev–Trinajstić information content (AvgIpc) is 2.56. The van der Waals surface area contributed by atoms with E-state index in [0.717, 1.165) is 22.6 Å². The molecule has 0 atom stereocenters. The van der Waals surface area contributed by atoms with Crippen molar-refractivity contribution >= 4 is 0 Å². The van der Waals surface area contributed by atoms with Crippen LogP contribution in [0.25, 0.3) is 0 Å². The van der Waals surface area contributed by atoms with Crippen LogP contribution in [0.3, 0.4) is 0 Å². The summed E-state index contributed by atoms with van der Waals surface area (Å²) in [6, 6.07) is 12.1. The third-order valence-electron chi connectivity index (χ3n) is 3.28. The normalized spacial score (nSPS) is 10.7. The Labute approximate surface area is 134 Å². The topological polar surface area (TPSA) is 39.7 Å². The summed E-state index contributed by atoms with van der Waals surface area (Å²) in [7, 11) is 3.23. The van der Waals surface area contributed by atoms with Gasteiger partial charge < -0.3 is 19.5 Å². The Balaban J connectivity index is 1.92. The molecule has 0 amide bonds. The van der Waals surface area contributed by atoms with E-state index in [2.05, 4.69) is 10.1 Å². The molecule has 0 heterocycles. The highest BCUT2D eigenvalue weighted by Gasteiger charge is 2.06. The first kappa shape index (κ1) is 17.0. The summed E-state index contributed by atoms with van der Waals surface area (Å²) in [5, 5.41) is 3.28. The molecule has 0 aliphatic carbocycles. The van der Waals surface area contributed by atoms with E-state index in [4.69, 9.17) is 9.47 Å². The van der Waals surface area contributed by atoms with Gasteiger partial charge >= 0.3 is 6.61 Å². The minimum absolute atomic E-state index is 0.151. The zero-order valence-electron chi connectivity index (χ0n) is 13.0. The second-order valence-corrected chi connectivity index (χ2v) is 4.80. The van der Waals surface area contributed by atoms with Crippen molar-refractivity contribution in [3.05, 3.63) is 53.6 Å². The second kappa shape index (κ2) is 8.33. The average molecular weight is 323 g/mol. The minimum atomic E-state index is -2.81. The van der Waals surface area contributed by atoms with Crippen molar-refractivity contribution in [2.24, 2.45) is 0 Å². The first-order valence-corrected chi connectivity index (χ1v) is 7.07. The zero-order chi connectivity index (χ0) is 16.7. The van der Waals surface area contributed by atoms with E-state index in [1.807, 2.05) is 18.2 Å². The van der Waals surface area contributed by atoms with E-state index in [9.17, 15) is 8.78 Å². The van der Waals surface area contributed by atoms with Gasteiger partial charge in [0.2, 0.25) is 0 Å². The van der Waals surface area contributed by atoms with Gasteiger partial charge in [-0.05, 0) is 35.9 Å². The molecule has 23 heavy (non-hydrogen) atoms. The van der Waals surface area contributed by atoms with Crippen LogP contribution in [0.15, 0.2) is 42.5 Å². The Bertz CT molecular complexity index is 618. The third kappa shape index (κ3) is 5.10. The lowest BCUT2D eigenvalue weighted by molar-refractivity contribution is -0.0498. The van der Waals surface area contributed by atoms with Crippen LogP contribution < -0.4 is 19.5 Å². The Morgan fingerprint density at radius 2 is 1.61 bits per heavy atom. The van der Waals surface area contributed by atoms with Gasteiger partial charge in [0.05, 0.1) is 14.2 Å². The first-order valence-electron chi connectivity index (χ1n) is 7.07. The summed E-state index contributed by atoms with van der Waals surface area (Å²) in [4.78, 5) is 0. The summed E-state index contributed by atoms with van der Waals surface area (Å²) in [6.45, 7) is -1.62. The van der Waals surface area contributed by atoms with Gasteiger partial charge in [-0.3, -0.25) is 0 Å². The van der Waals surface area contributed by atoms with Gasteiger partial charge in [-0.15, -0.1) is 0 Å². The van der Waals surface area contributed by atoms with Gasteiger partial charge in [-0.2, -0.15) is 8.78 Å². The maximum absolute atomic E-state index is 12.1. The summed E-state index contributed by atoms with van der Waals surface area (Å²) < 4.78 is 39.0. The Kier molecular flexibility index (Phi) is 6.17. The maximum Gasteiger partial charge on any atom is 0.387 e. The number of nitrogens with one attached hydrogen (secondary N) is 1. The highest BCUT2D eigenvalue weighted by atomic mass is 19.3. The van der Waals surface area contributed by atoms with E-state index in [1.54, 1.807) is 26.4 Å².